The van der Waals surface area contributed by atoms with Crippen molar-refractivity contribution in [3.8, 4) is 0 Å². The molecule has 2 aromatic heterocycles. The molecule has 3 heterocycles. The van der Waals surface area contributed by atoms with Crippen molar-refractivity contribution in [2.24, 2.45) is 5.92 Å². The van der Waals surface area contributed by atoms with Crippen LogP contribution in [0.4, 0.5) is 19.0 Å². The van der Waals surface area contributed by atoms with Gasteiger partial charge in [0.25, 0.3) is 0 Å². The van der Waals surface area contributed by atoms with E-state index in [1.165, 1.54) is 6.07 Å². The number of benzene rings is 1. The molecule has 0 unspecified atom stereocenters. The highest BCUT2D eigenvalue weighted by Crippen LogP contribution is 2.47. The van der Waals surface area contributed by atoms with Crippen molar-refractivity contribution in [2.45, 2.75) is 38.9 Å². The summed E-state index contributed by atoms with van der Waals surface area (Å²) in [6.07, 6.45) is -0.235. The number of aryl methyl sites for hydroxylation is 1. The molecule has 1 N–H and O–H groups in total. The average molecular weight is 517 g/mol. The number of nitrogens with zero attached hydrogens (tertiary/aromatic N) is 4. The molecular weight excluding hydrogens is 490 g/mol. The molecule has 2 fully saturated rings. The number of fused-ring (bicyclic) bond motifs is 1. The third-order valence-corrected chi connectivity index (χ3v) is 9.79. The highest BCUT2D eigenvalue weighted by atomic mass is 31.2. The third kappa shape index (κ3) is 4.96. The van der Waals surface area contributed by atoms with Gasteiger partial charge in [-0.25, -0.2) is 9.97 Å². The van der Waals surface area contributed by atoms with E-state index < -0.39 is 24.9 Å². The number of amides is 1. The molecule has 36 heavy (non-hydrogen) atoms. The van der Waals surface area contributed by atoms with E-state index in [4.69, 9.17) is 0 Å². The van der Waals surface area contributed by atoms with Crippen molar-refractivity contribution in [2.75, 3.05) is 30.7 Å². The molecular formula is C25H27F3N5O2P. The van der Waals surface area contributed by atoms with Gasteiger partial charge in [0.05, 0.1) is 17.3 Å². The van der Waals surface area contributed by atoms with Gasteiger partial charge in [-0.15, -0.1) is 0 Å². The number of pyridine rings is 1. The Bertz CT molecular complexity index is 1360. The Hall–Kier alpha value is -3.00. The van der Waals surface area contributed by atoms with Crippen molar-refractivity contribution < 1.29 is 22.5 Å². The molecule has 5 rings (SSSR count). The number of carbonyl (C=O) groups is 1. The van der Waals surface area contributed by atoms with Crippen LogP contribution in [0, 0.1) is 12.8 Å². The Morgan fingerprint density at radius 2 is 1.89 bits per heavy atom. The van der Waals surface area contributed by atoms with E-state index in [9.17, 15) is 22.5 Å². The van der Waals surface area contributed by atoms with Crippen LogP contribution in [0.3, 0.4) is 0 Å². The number of aromatic nitrogens is 3. The molecule has 1 saturated heterocycles. The molecule has 0 radical (unpaired) electrons. The first-order valence-corrected chi connectivity index (χ1v) is 14.1. The minimum absolute atomic E-state index is 0.133. The zero-order valence-corrected chi connectivity index (χ0v) is 20.9. The Morgan fingerprint density at radius 3 is 2.56 bits per heavy atom. The van der Waals surface area contributed by atoms with Crippen molar-refractivity contribution in [3.05, 3.63) is 53.5 Å². The lowest BCUT2D eigenvalue weighted by Gasteiger charge is -2.32. The van der Waals surface area contributed by atoms with Gasteiger partial charge in [0.15, 0.2) is 0 Å². The number of hydrogen-bond donors (Lipinski definition) is 1. The summed E-state index contributed by atoms with van der Waals surface area (Å²) < 4.78 is 53.4. The zero-order chi connectivity index (χ0) is 25.7. The molecule has 190 valence electrons. The van der Waals surface area contributed by atoms with Crippen molar-refractivity contribution in [1.29, 1.82) is 0 Å². The lowest BCUT2D eigenvalue weighted by Crippen LogP contribution is -2.42. The monoisotopic (exact) mass is 517 g/mol. The largest absolute Gasteiger partial charge is 0.416 e. The molecule has 0 bridgehead atoms. The summed E-state index contributed by atoms with van der Waals surface area (Å²) in [6, 6.07) is 6.43. The predicted octanol–water partition coefficient (Wildman–Crippen LogP) is 4.77. The molecule has 0 spiro atoms. The van der Waals surface area contributed by atoms with Crippen LogP contribution in [0.25, 0.3) is 10.9 Å². The number of rotatable bonds is 5. The van der Waals surface area contributed by atoms with Gasteiger partial charge in [-0.2, -0.15) is 13.2 Å². The Morgan fingerprint density at radius 1 is 1.17 bits per heavy atom. The fourth-order valence-electron chi connectivity index (χ4n) is 4.57. The summed E-state index contributed by atoms with van der Waals surface area (Å²) in [7, 11) is -2.82. The number of halogens is 3. The second-order valence-electron chi connectivity index (χ2n) is 9.60. The Kier molecular flexibility index (Phi) is 6.27. The molecule has 1 atom stereocenters. The third-order valence-electron chi connectivity index (χ3n) is 6.86. The smallest absolute Gasteiger partial charge is 0.363 e. The van der Waals surface area contributed by atoms with Crippen molar-refractivity contribution in [3.63, 3.8) is 0 Å². The van der Waals surface area contributed by atoms with Gasteiger partial charge in [0, 0.05) is 42.8 Å². The number of carbonyl (C=O) groups excluding carboxylic acids is 1. The van der Waals surface area contributed by atoms with Crippen LogP contribution in [-0.4, -0.2) is 51.2 Å². The maximum Gasteiger partial charge on any atom is 0.416 e. The van der Waals surface area contributed by atoms with Gasteiger partial charge in [0.2, 0.25) is 5.91 Å². The Labute approximate surface area is 206 Å². The van der Waals surface area contributed by atoms with Gasteiger partial charge in [-0.3, -0.25) is 9.78 Å². The first-order chi connectivity index (χ1) is 17.0. The normalized spacial score (nSPS) is 18.8. The van der Waals surface area contributed by atoms with E-state index in [1.807, 2.05) is 4.90 Å². The molecule has 1 aliphatic heterocycles. The fraction of sp³-hybridized carbons (Fsp3) is 0.440. The highest BCUT2D eigenvalue weighted by Gasteiger charge is 2.39. The molecule has 1 aromatic carbocycles. The average Bonchev–Trinajstić information content (AvgIpc) is 3.69. The SMILES string of the molecule is Cc1nc(N[C@H](C)c2cccc(C(F)(F)F)c2)c2cc(P3(=O)CCN(C(=O)C4CC4)CC3)ncc2n1. The summed E-state index contributed by atoms with van der Waals surface area (Å²) in [5.74, 6) is 1.22. The van der Waals surface area contributed by atoms with Crippen LogP contribution >= 0.6 is 7.14 Å². The maximum atomic E-state index is 13.8. The lowest BCUT2D eigenvalue weighted by molar-refractivity contribution is -0.137. The maximum absolute atomic E-state index is 13.8. The minimum atomic E-state index is -4.43. The van der Waals surface area contributed by atoms with Crippen LogP contribution in [0.1, 0.15) is 42.8 Å². The summed E-state index contributed by atoms with van der Waals surface area (Å²) in [5, 5.41) is 3.82. The molecule has 2 aliphatic rings. The number of alkyl halides is 3. The fourth-order valence-corrected chi connectivity index (χ4v) is 7.01. The summed E-state index contributed by atoms with van der Waals surface area (Å²) in [5.41, 5.74) is 0.771. The van der Waals surface area contributed by atoms with Crippen molar-refractivity contribution >= 4 is 35.2 Å². The number of hydrogen-bond acceptors (Lipinski definition) is 6. The second kappa shape index (κ2) is 9.14. The van der Waals surface area contributed by atoms with Gasteiger partial charge in [-0.1, -0.05) is 12.1 Å². The van der Waals surface area contributed by atoms with E-state index >= 15 is 0 Å². The lowest BCUT2D eigenvalue weighted by atomic mass is 10.0. The minimum Gasteiger partial charge on any atom is -0.363 e. The molecule has 7 nitrogen and oxygen atoms in total. The van der Waals surface area contributed by atoms with Crippen molar-refractivity contribution in [1.82, 2.24) is 19.9 Å². The molecule has 1 amide bonds. The summed E-state index contributed by atoms with van der Waals surface area (Å²) in [6.45, 7) is 4.39. The highest BCUT2D eigenvalue weighted by molar-refractivity contribution is 7.71. The van der Waals surface area contributed by atoms with Gasteiger partial charge in [0.1, 0.15) is 24.2 Å². The molecule has 1 aliphatic carbocycles. The molecule has 11 heteroatoms. The topological polar surface area (TPSA) is 88.1 Å². The van der Waals surface area contributed by atoms with E-state index in [-0.39, 0.29) is 11.8 Å². The Balaban J connectivity index is 1.42. The van der Waals surface area contributed by atoms with Gasteiger partial charge >= 0.3 is 6.18 Å². The summed E-state index contributed by atoms with van der Waals surface area (Å²) >= 11 is 0. The van der Waals surface area contributed by atoms with Gasteiger partial charge in [-0.05, 0) is 50.5 Å². The zero-order valence-electron chi connectivity index (χ0n) is 20.0. The molecule has 1 saturated carbocycles. The molecule has 3 aromatic rings. The van der Waals surface area contributed by atoms with Crippen LogP contribution in [-0.2, 0) is 15.5 Å². The van der Waals surface area contributed by atoms with Crippen LogP contribution in [0.15, 0.2) is 36.5 Å². The summed E-state index contributed by atoms with van der Waals surface area (Å²) in [4.78, 5) is 27.6. The number of nitrogens with one attached hydrogen (secondary N) is 1. The quantitative estimate of drug-likeness (QED) is 0.491. The second-order valence-corrected chi connectivity index (χ2v) is 12.7. The van der Waals surface area contributed by atoms with E-state index in [2.05, 4.69) is 20.3 Å². The predicted molar refractivity (Wildman–Crippen MR) is 132 cm³/mol. The first kappa shape index (κ1) is 24.7. The van der Waals surface area contributed by atoms with Crippen LogP contribution in [0.2, 0.25) is 0 Å². The van der Waals surface area contributed by atoms with Crippen LogP contribution < -0.4 is 10.8 Å². The van der Waals surface area contributed by atoms with Gasteiger partial charge < -0.3 is 14.8 Å². The first-order valence-electron chi connectivity index (χ1n) is 12.0. The van der Waals surface area contributed by atoms with Crippen LogP contribution in [0.5, 0.6) is 0 Å². The standard InChI is InChI=1S/C25H27F3N5O2P/c1-15(18-4-3-5-19(12-18)25(26,27)28)30-23-20-13-22(29-14-21(20)31-16(2)32-23)36(35)10-8-33(9-11-36)24(34)17-6-7-17/h3-5,12-15,17H,6-11H2,1-2H3,(H,30,31,32)/t15-/m1/s1. The van der Waals surface area contributed by atoms with E-state index in [0.717, 1.165) is 25.0 Å². The number of anilines is 1. The van der Waals surface area contributed by atoms with E-state index in [0.29, 0.717) is 59.0 Å². The van der Waals surface area contributed by atoms with E-state index in [1.54, 1.807) is 32.2 Å².